The van der Waals surface area contributed by atoms with E-state index in [0.717, 1.165) is 23.9 Å². The van der Waals surface area contributed by atoms with Crippen LogP contribution in [0.3, 0.4) is 0 Å². The van der Waals surface area contributed by atoms with Crippen molar-refractivity contribution in [1.29, 1.82) is 0 Å². The minimum atomic E-state index is -3.08. The summed E-state index contributed by atoms with van der Waals surface area (Å²) in [5, 5.41) is 0.833. The van der Waals surface area contributed by atoms with Crippen molar-refractivity contribution in [2.24, 2.45) is 5.92 Å². The summed E-state index contributed by atoms with van der Waals surface area (Å²) < 4.78 is 30.4. The standard InChI is InChI=1S/C14H20BrNO3S/c1-20(17,18)16-8-2-3-13(10-16)11-19-14-6-4-12(9-15)5-7-14/h4-7,13H,2-3,8-11H2,1H3. The van der Waals surface area contributed by atoms with Crippen molar-refractivity contribution in [3.8, 4) is 5.75 Å². The summed E-state index contributed by atoms with van der Waals surface area (Å²) in [4.78, 5) is 0. The van der Waals surface area contributed by atoms with E-state index in [9.17, 15) is 8.42 Å². The number of sulfonamides is 1. The Bertz CT molecular complexity index is 530. The van der Waals surface area contributed by atoms with Crippen LogP contribution in [0.2, 0.25) is 0 Å². The maximum absolute atomic E-state index is 11.6. The molecule has 0 aromatic heterocycles. The van der Waals surface area contributed by atoms with Gasteiger partial charge in [-0.05, 0) is 30.5 Å². The van der Waals surface area contributed by atoms with Crippen molar-refractivity contribution in [3.05, 3.63) is 29.8 Å². The minimum Gasteiger partial charge on any atom is -0.493 e. The van der Waals surface area contributed by atoms with Crippen LogP contribution in [-0.2, 0) is 15.4 Å². The van der Waals surface area contributed by atoms with Crippen LogP contribution in [0.5, 0.6) is 5.75 Å². The number of rotatable bonds is 5. The second-order valence-electron chi connectivity index (χ2n) is 5.22. The van der Waals surface area contributed by atoms with E-state index in [1.165, 1.54) is 11.8 Å². The van der Waals surface area contributed by atoms with E-state index in [4.69, 9.17) is 4.74 Å². The van der Waals surface area contributed by atoms with Gasteiger partial charge >= 0.3 is 0 Å². The summed E-state index contributed by atoms with van der Waals surface area (Å²) in [5.74, 6) is 1.11. The minimum absolute atomic E-state index is 0.273. The lowest BCUT2D eigenvalue weighted by molar-refractivity contribution is 0.180. The first kappa shape index (κ1) is 15.8. The molecule has 0 N–H and O–H groups in total. The average Bonchev–Trinajstić information content (AvgIpc) is 2.45. The zero-order chi connectivity index (χ0) is 14.6. The largest absolute Gasteiger partial charge is 0.493 e. The van der Waals surface area contributed by atoms with Crippen molar-refractivity contribution < 1.29 is 13.2 Å². The second kappa shape index (κ2) is 6.91. The Balaban J connectivity index is 1.87. The van der Waals surface area contributed by atoms with Crippen molar-refractivity contribution in [2.75, 3.05) is 26.0 Å². The zero-order valence-electron chi connectivity index (χ0n) is 11.6. The van der Waals surface area contributed by atoms with E-state index in [0.29, 0.717) is 19.7 Å². The molecule has 1 fully saturated rings. The Morgan fingerprint density at radius 3 is 2.65 bits per heavy atom. The van der Waals surface area contributed by atoms with Crippen LogP contribution in [0.15, 0.2) is 24.3 Å². The van der Waals surface area contributed by atoms with Gasteiger partial charge in [-0.25, -0.2) is 12.7 Å². The van der Waals surface area contributed by atoms with Gasteiger partial charge in [0.15, 0.2) is 0 Å². The maximum Gasteiger partial charge on any atom is 0.211 e. The molecule has 1 heterocycles. The SMILES string of the molecule is CS(=O)(=O)N1CCCC(COc2ccc(CBr)cc2)C1. The van der Waals surface area contributed by atoms with Gasteiger partial charge in [0.05, 0.1) is 12.9 Å². The van der Waals surface area contributed by atoms with Gasteiger partial charge in [0.2, 0.25) is 10.0 Å². The molecule has 1 aromatic carbocycles. The van der Waals surface area contributed by atoms with Gasteiger partial charge < -0.3 is 4.74 Å². The molecule has 6 heteroatoms. The summed E-state index contributed by atoms with van der Waals surface area (Å²) in [6.45, 7) is 1.77. The van der Waals surface area contributed by atoms with E-state index in [1.807, 2.05) is 24.3 Å². The highest BCUT2D eigenvalue weighted by Gasteiger charge is 2.26. The van der Waals surface area contributed by atoms with Crippen molar-refractivity contribution in [3.63, 3.8) is 0 Å². The van der Waals surface area contributed by atoms with Crippen molar-refractivity contribution in [1.82, 2.24) is 4.31 Å². The predicted octanol–water partition coefficient (Wildman–Crippen LogP) is 2.63. The van der Waals surface area contributed by atoms with Crippen LogP contribution in [-0.4, -0.2) is 38.7 Å². The van der Waals surface area contributed by atoms with Gasteiger partial charge in [-0.15, -0.1) is 0 Å². The lowest BCUT2D eigenvalue weighted by Gasteiger charge is -2.30. The van der Waals surface area contributed by atoms with Gasteiger partial charge in [0.25, 0.3) is 0 Å². The molecule has 20 heavy (non-hydrogen) atoms. The molecule has 1 unspecified atom stereocenters. The first-order valence-electron chi connectivity index (χ1n) is 6.72. The molecule has 1 aliphatic heterocycles. The number of nitrogens with zero attached hydrogens (tertiary/aromatic N) is 1. The number of piperidine rings is 1. The normalized spacial score (nSPS) is 20.8. The molecular formula is C14H20BrNO3S. The third-order valence-corrected chi connectivity index (χ3v) is 5.43. The fourth-order valence-electron chi connectivity index (χ4n) is 2.35. The van der Waals surface area contributed by atoms with Crippen LogP contribution in [0.25, 0.3) is 0 Å². The zero-order valence-corrected chi connectivity index (χ0v) is 14.0. The molecule has 112 valence electrons. The molecule has 1 atom stereocenters. The Morgan fingerprint density at radius 2 is 2.05 bits per heavy atom. The average molecular weight is 362 g/mol. The summed E-state index contributed by atoms with van der Waals surface area (Å²) in [6.07, 6.45) is 3.20. The molecule has 1 saturated heterocycles. The molecule has 1 aromatic rings. The Labute approximate surface area is 129 Å². The van der Waals surface area contributed by atoms with Gasteiger partial charge in [-0.3, -0.25) is 0 Å². The molecule has 0 saturated carbocycles. The molecule has 0 bridgehead atoms. The third kappa shape index (κ3) is 4.46. The monoisotopic (exact) mass is 361 g/mol. The molecule has 2 rings (SSSR count). The molecular weight excluding hydrogens is 342 g/mol. The maximum atomic E-state index is 11.6. The Morgan fingerprint density at radius 1 is 1.35 bits per heavy atom. The summed E-state index contributed by atoms with van der Waals surface area (Å²) in [6, 6.07) is 7.95. The number of hydrogen-bond donors (Lipinski definition) is 0. The topological polar surface area (TPSA) is 46.6 Å². The summed E-state index contributed by atoms with van der Waals surface area (Å²) in [7, 11) is -3.08. The quantitative estimate of drug-likeness (QED) is 0.757. The summed E-state index contributed by atoms with van der Waals surface area (Å²) >= 11 is 3.41. The molecule has 0 spiro atoms. The fraction of sp³-hybridized carbons (Fsp3) is 0.571. The lowest BCUT2D eigenvalue weighted by atomic mass is 10.0. The predicted molar refractivity (Wildman–Crippen MR) is 83.7 cm³/mol. The number of hydrogen-bond acceptors (Lipinski definition) is 3. The third-order valence-electron chi connectivity index (χ3n) is 3.51. The van der Waals surface area contributed by atoms with Crippen LogP contribution < -0.4 is 4.74 Å². The number of ether oxygens (including phenoxy) is 1. The van der Waals surface area contributed by atoms with Gasteiger partial charge in [0, 0.05) is 24.3 Å². The molecule has 0 radical (unpaired) electrons. The van der Waals surface area contributed by atoms with Crippen LogP contribution >= 0.6 is 15.9 Å². The first-order chi connectivity index (χ1) is 9.49. The molecule has 1 aliphatic rings. The second-order valence-corrected chi connectivity index (χ2v) is 7.76. The Kier molecular flexibility index (Phi) is 5.46. The lowest BCUT2D eigenvalue weighted by Crippen LogP contribution is -2.40. The smallest absolute Gasteiger partial charge is 0.211 e. The summed E-state index contributed by atoms with van der Waals surface area (Å²) in [5.41, 5.74) is 1.21. The van der Waals surface area contributed by atoms with E-state index in [-0.39, 0.29) is 5.92 Å². The van der Waals surface area contributed by atoms with Crippen LogP contribution in [0, 0.1) is 5.92 Å². The Hall–Kier alpha value is -0.590. The molecule has 0 amide bonds. The highest BCUT2D eigenvalue weighted by Crippen LogP contribution is 2.21. The number of halogens is 1. The van der Waals surface area contributed by atoms with Crippen molar-refractivity contribution in [2.45, 2.75) is 18.2 Å². The van der Waals surface area contributed by atoms with Gasteiger partial charge in [-0.2, -0.15) is 0 Å². The van der Waals surface area contributed by atoms with E-state index in [1.54, 1.807) is 4.31 Å². The van der Waals surface area contributed by atoms with Crippen molar-refractivity contribution >= 4 is 26.0 Å². The highest BCUT2D eigenvalue weighted by molar-refractivity contribution is 9.08. The number of benzene rings is 1. The van der Waals surface area contributed by atoms with E-state index < -0.39 is 10.0 Å². The van der Waals surface area contributed by atoms with E-state index in [2.05, 4.69) is 15.9 Å². The van der Waals surface area contributed by atoms with E-state index >= 15 is 0 Å². The van der Waals surface area contributed by atoms with Crippen LogP contribution in [0.1, 0.15) is 18.4 Å². The first-order valence-corrected chi connectivity index (χ1v) is 9.69. The fourth-order valence-corrected chi connectivity index (χ4v) is 3.67. The molecule has 0 aliphatic carbocycles. The van der Waals surface area contributed by atoms with Gasteiger partial charge in [0.1, 0.15) is 5.75 Å². The van der Waals surface area contributed by atoms with Crippen LogP contribution in [0.4, 0.5) is 0 Å². The van der Waals surface area contributed by atoms with Gasteiger partial charge in [-0.1, -0.05) is 28.1 Å². The number of alkyl halides is 1. The molecule has 4 nitrogen and oxygen atoms in total. The highest BCUT2D eigenvalue weighted by atomic mass is 79.9.